The third kappa shape index (κ3) is 3.42. The number of hydrogen-bond donors (Lipinski definition) is 2. The molecule has 3 N–H and O–H groups in total. The molecule has 1 amide bonds. The standard InChI is InChI=1S/C13H25N3O/c1-10(13(17)15-11-6-7-11)16(9-8-14)12-4-2-3-5-12/h10-12H,2-9,14H2,1H3,(H,15,17). The van der Waals surface area contributed by atoms with Crippen molar-refractivity contribution in [2.45, 2.75) is 63.6 Å². The smallest absolute Gasteiger partial charge is 0.237 e. The Morgan fingerprint density at radius 1 is 1.35 bits per heavy atom. The molecule has 0 aromatic rings. The van der Waals surface area contributed by atoms with Crippen LogP contribution >= 0.6 is 0 Å². The fourth-order valence-corrected chi connectivity index (χ4v) is 2.78. The van der Waals surface area contributed by atoms with Gasteiger partial charge in [0.15, 0.2) is 0 Å². The van der Waals surface area contributed by atoms with Gasteiger partial charge in [-0.2, -0.15) is 0 Å². The summed E-state index contributed by atoms with van der Waals surface area (Å²) in [6.07, 6.45) is 7.34. The lowest BCUT2D eigenvalue weighted by atomic mass is 10.1. The zero-order valence-corrected chi connectivity index (χ0v) is 10.8. The molecule has 0 aromatic heterocycles. The van der Waals surface area contributed by atoms with Crippen LogP contribution in [0.15, 0.2) is 0 Å². The lowest BCUT2D eigenvalue weighted by molar-refractivity contribution is -0.126. The second kappa shape index (κ2) is 5.83. The van der Waals surface area contributed by atoms with Crippen molar-refractivity contribution in [3.05, 3.63) is 0 Å². The lowest BCUT2D eigenvalue weighted by Crippen LogP contribution is -2.51. The highest BCUT2D eigenvalue weighted by Crippen LogP contribution is 2.25. The van der Waals surface area contributed by atoms with Crippen LogP contribution in [-0.4, -0.2) is 42.0 Å². The second-order valence-corrected chi connectivity index (χ2v) is 5.42. The van der Waals surface area contributed by atoms with Crippen LogP contribution < -0.4 is 11.1 Å². The largest absolute Gasteiger partial charge is 0.352 e. The summed E-state index contributed by atoms with van der Waals surface area (Å²) in [4.78, 5) is 14.4. The van der Waals surface area contributed by atoms with Gasteiger partial charge in [-0.05, 0) is 32.6 Å². The molecule has 1 unspecified atom stereocenters. The van der Waals surface area contributed by atoms with Gasteiger partial charge in [0.2, 0.25) is 5.91 Å². The number of amides is 1. The van der Waals surface area contributed by atoms with E-state index < -0.39 is 0 Å². The Hall–Kier alpha value is -0.610. The van der Waals surface area contributed by atoms with Gasteiger partial charge in [-0.3, -0.25) is 9.69 Å². The maximum atomic E-state index is 12.1. The molecule has 0 aromatic carbocycles. The Labute approximate surface area is 104 Å². The topological polar surface area (TPSA) is 58.4 Å². The number of nitrogens with one attached hydrogen (secondary N) is 1. The van der Waals surface area contributed by atoms with Gasteiger partial charge in [-0.25, -0.2) is 0 Å². The van der Waals surface area contributed by atoms with E-state index in [1.165, 1.54) is 25.7 Å². The van der Waals surface area contributed by atoms with E-state index in [9.17, 15) is 4.79 Å². The van der Waals surface area contributed by atoms with Gasteiger partial charge in [-0.15, -0.1) is 0 Å². The minimum atomic E-state index is -0.0257. The van der Waals surface area contributed by atoms with Gasteiger partial charge >= 0.3 is 0 Å². The summed E-state index contributed by atoms with van der Waals surface area (Å²) in [7, 11) is 0. The van der Waals surface area contributed by atoms with E-state index in [2.05, 4.69) is 10.2 Å². The molecule has 4 heteroatoms. The van der Waals surface area contributed by atoms with E-state index in [-0.39, 0.29) is 11.9 Å². The van der Waals surface area contributed by atoms with Crippen LogP contribution in [0.5, 0.6) is 0 Å². The summed E-state index contributed by atoms with van der Waals surface area (Å²) < 4.78 is 0. The van der Waals surface area contributed by atoms with Crippen molar-refractivity contribution in [2.24, 2.45) is 5.73 Å². The Morgan fingerprint density at radius 2 is 2.00 bits per heavy atom. The number of carbonyl (C=O) groups excluding carboxylic acids is 1. The maximum Gasteiger partial charge on any atom is 0.237 e. The highest BCUT2D eigenvalue weighted by Gasteiger charge is 2.32. The Kier molecular flexibility index (Phi) is 4.40. The molecule has 0 bridgehead atoms. The van der Waals surface area contributed by atoms with Crippen LogP contribution in [-0.2, 0) is 4.79 Å². The summed E-state index contributed by atoms with van der Waals surface area (Å²) in [5.41, 5.74) is 5.68. The van der Waals surface area contributed by atoms with Crippen LogP contribution in [0.2, 0.25) is 0 Å². The van der Waals surface area contributed by atoms with Crippen molar-refractivity contribution in [1.82, 2.24) is 10.2 Å². The average Bonchev–Trinajstić information content (AvgIpc) is 2.97. The summed E-state index contributed by atoms with van der Waals surface area (Å²) in [5.74, 6) is 0.188. The zero-order valence-electron chi connectivity index (χ0n) is 10.8. The summed E-state index contributed by atoms with van der Waals surface area (Å²) in [6.45, 7) is 3.49. The molecular weight excluding hydrogens is 214 g/mol. The number of nitrogens with zero attached hydrogens (tertiary/aromatic N) is 1. The van der Waals surface area contributed by atoms with Crippen LogP contribution in [0.3, 0.4) is 0 Å². The first-order valence-electron chi connectivity index (χ1n) is 6.98. The molecule has 0 spiro atoms. The van der Waals surface area contributed by atoms with E-state index in [0.29, 0.717) is 18.6 Å². The van der Waals surface area contributed by atoms with Gasteiger partial charge in [0.1, 0.15) is 0 Å². The number of nitrogens with two attached hydrogens (primary N) is 1. The lowest BCUT2D eigenvalue weighted by Gasteiger charge is -2.33. The highest BCUT2D eigenvalue weighted by atomic mass is 16.2. The molecule has 0 radical (unpaired) electrons. The van der Waals surface area contributed by atoms with E-state index in [1.807, 2.05) is 6.92 Å². The molecule has 17 heavy (non-hydrogen) atoms. The second-order valence-electron chi connectivity index (χ2n) is 5.42. The first-order chi connectivity index (χ1) is 8.22. The van der Waals surface area contributed by atoms with Crippen molar-refractivity contribution in [2.75, 3.05) is 13.1 Å². The average molecular weight is 239 g/mol. The van der Waals surface area contributed by atoms with Gasteiger partial charge < -0.3 is 11.1 Å². The van der Waals surface area contributed by atoms with Crippen molar-refractivity contribution in [3.8, 4) is 0 Å². The molecule has 2 fully saturated rings. The van der Waals surface area contributed by atoms with Gasteiger partial charge in [0, 0.05) is 25.2 Å². The van der Waals surface area contributed by atoms with Crippen molar-refractivity contribution in [1.29, 1.82) is 0 Å². The molecule has 2 saturated carbocycles. The Morgan fingerprint density at radius 3 is 2.53 bits per heavy atom. The molecule has 2 rings (SSSR count). The summed E-state index contributed by atoms with van der Waals surface area (Å²) in [5, 5.41) is 3.09. The van der Waals surface area contributed by atoms with E-state index in [1.54, 1.807) is 0 Å². The van der Waals surface area contributed by atoms with Crippen molar-refractivity contribution < 1.29 is 4.79 Å². The minimum Gasteiger partial charge on any atom is -0.352 e. The van der Waals surface area contributed by atoms with Crippen LogP contribution in [0.1, 0.15) is 45.4 Å². The molecule has 2 aliphatic rings. The number of hydrogen-bond acceptors (Lipinski definition) is 3. The maximum absolute atomic E-state index is 12.1. The first-order valence-corrected chi connectivity index (χ1v) is 6.98. The number of rotatable bonds is 6. The van der Waals surface area contributed by atoms with Crippen LogP contribution in [0.25, 0.3) is 0 Å². The summed E-state index contributed by atoms with van der Waals surface area (Å²) in [6, 6.07) is 0.994. The van der Waals surface area contributed by atoms with Crippen LogP contribution in [0, 0.1) is 0 Å². The number of carbonyl (C=O) groups is 1. The van der Waals surface area contributed by atoms with Gasteiger partial charge in [0.05, 0.1) is 6.04 Å². The van der Waals surface area contributed by atoms with E-state index in [4.69, 9.17) is 5.73 Å². The fraction of sp³-hybridized carbons (Fsp3) is 0.923. The van der Waals surface area contributed by atoms with Crippen molar-refractivity contribution in [3.63, 3.8) is 0 Å². The SMILES string of the molecule is CC(C(=O)NC1CC1)N(CCN)C1CCCC1. The molecule has 98 valence electrons. The predicted octanol–water partition coefficient (Wildman–Crippen LogP) is 0.857. The molecule has 0 saturated heterocycles. The quantitative estimate of drug-likeness (QED) is 0.722. The predicted molar refractivity (Wildman–Crippen MR) is 68.6 cm³/mol. The van der Waals surface area contributed by atoms with Crippen molar-refractivity contribution >= 4 is 5.91 Å². The van der Waals surface area contributed by atoms with Crippen LogP contribution in [0.4, 0.5) is 0 Å². The Balaban J connectivity index is 1.90. The third-order valence-corrected chi connectivity index (χ3v) is 3.98. The molecule has 4 nitrogen and oxygen atoms in total. The molecule has 1 atom stereocenters. The minimum absolute atomic E-state index is 0.0257. The van der Waals surface area contributed by atoms with E-state index in [0.717, 1.165) is 19.4 Å². The molecular formula is C13H25N3O. The molecule has 0 aliphatic heterocycles. The first kappa shape index (κ1) is 12.8. The summed E-state index contributed by atoms with van der Waals surface area (Å²) >= 11 is 0. The van der Waals surface area contributed by atoms with Gasteiger partial charge in [0.25, 0.3) is 0 Å². The highest BCUT2D eigenvalue weighted by molar-refractivity contribution is 5.81. The third-order valence-electron chi connectivity index (χ3n) is 3.98. The molecule has 0 heterocycles. The fourth-order valence-electron chi connectivity index (χ4n) is 2.78. The zero-order chi connectivity index (χ0) is 12.3. The molecule has 2 aliphatic carbocycles. The monoisotopic (exact) mass is 239 g/mol. The Bertz CT molecular complexity index is 259. The normalized spacial score (nSPS) is 23.0. The van der Waals surface area contributed by atoms with Gasteiger partial charge in [-0.1, -0.05) is 12.8 Å². The van der Waals surface area contributed by atoms with E-state index >= 15 is 0 Å².